The summed E-state index contributed by atoms with van der Waals surface area (Å²) in [6, 6.07) is 7.45. The Balaban J connectivity index is 1.82. The van der Waals surface area contributed by atoms with E-state index in [0.717, 1.165) is 24.8 Å². The molecule has 138 valence electrons. The molecule has 0 aliphatic carbocycles. The molecule has 3 amide bonds. The minimum atomic E-state index is -0.157. The predicted octanol–water partition coefficient (Wildman–Crippen LogP) is 3.74. The molecular weight excluding hydrogens is 338 g/mol. The second kappa shape index (κ2) is 9.09. The molecule has 2 N–H and O–H groups in total. The van der Waals surface area contributed by atoms with E-state index >= 15 is 0 Å². The zero-order chi connectivity index (χ0) is 18.4. The van der Waals surface area contributed by atoms with Crippen LogP contribution in [0.5, 0.6) is 0 Å². The van der Waals surface area contributed by atoms with Gasteiger partial charge in [0.1, 0.15) is 0 Å². The van der Waals surface area contributed by atoms with Crippen molar-refractivity contribution in [2.45, 2.75) is 52.1 Å². The molecule has 1 aliphatic rings. The lowest BCUT2D eigenvalue weighted by Gasteiger charge is -2.33. The molecule has 0 bridgehead atoms. The molecule has 2 rings (SSSR count). The third kappa shape index (κ3) is 5.63. The second-order valence-corrected chi connectivity index (χ2v) is 7.32. The number of rotatable bonds is 5. The molecule has 0 radical (unpaired) electrons. The fraction of sp³-hybridized carbons (Fsp3) is 0.579. The highest BCUT2D eigenvalue weighted by Crippen LogP contribution is 2.19. The van der Waals surface area contributed by atoms with Gasteiger partial charge in [-0.2, -0.15) is 0 Å². The summed E-state index contributed by atoms with van der Waals surface area (Å²) in [5.41, 5.74) is 1.04. The Kier molecular flexibility index (Phi) is 7.12. The third-order valence-corrected chi connectivity index (χ3v) is 4.87. The number of halogens is 1. The minimum absolute atomic E-state index is 0.0255. The van der Waals surface area contributed by atoms with Crippen LogP contribution in [0, 0.1) is 5.92 Å². The highest BCUT2D eigenvalue weighted by atomic mass is 35.5. The van der Waals surface area contributed by atoms with Gasteiger partial charge in [0.15, 0.2) is 0 Å². The van der Waals surface area contributed by atoms with E-state index in [0.29, 0.717) is 18.1 Å². The number of hydrogen-bond donors (Lipinski definition) is 2. The number of nitrogens with zero attached hydrogens (tertiary/aromatic N) is 1. The first-order valence-electron chi connectivity index (χ1n) is 9.02. The first-order valence-corrected chi connectivity index (χ1v) is 9.39. The van der Waals surface area contributed by atoms with Crippen LogP contribution >= 0.6 is 11.6 Å². The van der Waals surface area contributed by atoms with Crippen molar-refractivity contribution in [1.29, 1.82) is 0 Å². The maximum absolute atomic E-state index is 12.3. The molecule has 1 unspecified atom stereocenters. The Hall–Kier alpha value is -1.75. The number of carbonyl (C=O) groups is 2. The number of nitrogens with one attached hydrogen (secondary N) is 2. The summed E-state index contributed by atoms with van der Waals surface area (Å²) in [5.74, 6) is 0.217. The van der Waals surface area contributed by atoms with Crippen LogP contribution < -0.4 is 10.6 Å². The number of hydrogen-bond acceptors (Lipinski definition) is 2. The van der Waals surface area contributed by atoms with E-state index in [1.807, 2.05) is 49.9 Å². The zero-order valence-electron chi connectivity index (χ0n) is 15.2. The summed E-state index contributed by atoms with van der Waals surface area (Å²) >= 11 is 5.92. The smallest absolute Gasteiger partial charge is 0.315 e. The SMILES string of the molecule is CCC(NC(=O)NC1CCN(C(=O)C(C)C)CC1)c1ccc(Cl)cc1. The average molecular weight is 366 g/mol. The summed E-state index contributed by atoms with van der Waals surface area (Å²) in [6.07, 6.45) is 2.39. The molecule has 1 aromatic carbocycles. The van der Waals surface area contributed by atoms with Crippen LogP contribution in [-0.2, 0) is 4.79 Å². The van der Waals surface area contributed by atoms with Crippen LogP contribution in [0.15, 0.2) is 24.3 Å². The van der Waals surface area contributed by atoms with Gasteiger partial charge in [-0.15, -0.1) is 0 Å². The predicted molar refractivity (Wildman–Crippen MR) is 101 cm³/mol. The number of piperidine rings is 1. The largest absolute Gasteiger partial charge is 0.342 e. The van der Waals surface area contributed by atoms with E-state index in [1.165, 1.54) is 0 Å². The van der Waals surface area contributed by atoms with Crippen LogP contribution in [0.25, 0.3) is 0 Å². The van der Waals surface area contributed by atoms with Gasteiger partial charge < -0.3 is 15.5 Å². The van der Waals surface area contributed by atoms with Gasteiger partial charge in [0.2, 0.25) is 5.91 Å². The fourth-order valence-corrected chi connectivity index (χ4v) is 3.24. The molecule has 1 atom stereocenters. The Labute approximate surface area is 155 Å². The Bertz CT molecular complexity index is 581. The molecular formula is C19H28ClN3O2. The Morgan fingerprint density at radius 1 is 1.20 bits per heavy atom. The average Bonchev–Trinajstić information content (AvgIpc) is 2.60. The second-order valence-electron chi connectivity index (χ2n) is 6.88. The third-order valence-electron chi connectivity index (χ3n) is 4.62. The Morgan fingerprint density at radius 3 is 2.32 bits per heavy atom. The number of carbonyl (C=O) groups excluding carboxylic acids is 2. The van der Waals surface area contributed by atoms with Gasteiger partial charge in [-0.25, -0.2) is 4.79 Å². The maximum atomic E-state index is 12.3. The van der Waals surface area contributed by atoms with Crippen molar-refractivity contribution in [3.63, 3.8) is 0 Å². The normalized spacial score (nSPS) is 16.6. The molecule has 0 saturated carbocycles. The summed E-state index contributed by atoms with van der Waals surface area (Å²) in [4.78, 5) is 26.2. The molecule has 5 nitrogen and oxygen atoms in total. The summed E-state index contributed by atoms with van der Waals surface area (Å²) in [6.45, 7) is 7.28. The number of benzene rings is 1. The van der Waals surface area contributed by atoms with E-state index in [9.17, 15) is 9.59 Å². The van der Waals surface area contributed by atoms with E-state index in [2.05, 4.69) is 10.6 Å². The molecule has 1 saturated heterocycles. The summed E-state index contributed by atoms with van der Waals surface area (Å²) in [7, 11) is 0. The topological polar surface area (TPSA) is 61.4 Å². The van der Waals surface area contributed by atoms with Crippen molar-refractivity contribution < 1.29 is 9.59 Å². The molecule has 1 fully saturated rings. The highest BCUT2D eigenvalue weighted by Gasteiger charge is 2.25. The first kappa shape index (κ1) is 19.6. The fourth-order valence-electron chi connectivity index (χ4n) is 3.11. The van der Waals surface area contributed by atoms with Crippen LogP contribution in [-0.4, -0.2) is 36.0 Å². The molecule has 1 heterocycles. The van der Waals surface area contributed by atoms with Crippen molar-refractivity contribution in [1.82, 2.24) is 15.5 Å². The van der Waals surface area contributed by atoms with Crippen LogP contribution in [0.2, 0.25) is 5.02 Å². The van der Waals surface area contributed by atoms with Crippen molar-refractivity contribution in [2.75, 3.05) is 13.1 Å². The van der Waals surface area contributed by atoms with Crippen LogP contribution in [0.4, 0.5) is 4.79 Å². The van der Waals surface area contributed by atoms with Crippen molar-refractivity contribution in [3.8, 4) is 0 Å². The van der Waals surface area contributed by atoms with E-state index < -0.39 is 0 Å². The number of amides is 3. The van der Waals surface area contributed by atoms with Crippen molar-refractivity contribution >= 4 is 23.5 Å². The number of urea groups is 1. The van der Waals surface area contributed by atoms with Gasteiger partial charge >= 0.3 is 6.03 Å². The van der Waals surface area contributed by atoms with Gasteiger partial charge in [-0.1, -0.05) is 44.5 Å². The molecule has 0 spiro atoms. The molecule has 1 aromatic rings. The van der Waals surface area contributed by atoms with Crippen molar-refractivity contribution in [3.05, 3.63) is 34.9 Å². The standard InChI is InChI=1S/C19H28ClN3O2/c1-4-17(14-5-7-15(20)8-6-14)22-19(25)21-16-9-11-23(12-10-16)18(24)13(2)3/h5-8,13,16-17H,4,9-12H2,1-3H3,(H2,21,22,25). The maximum Gasteiger partial charge on any atom is 0.315 e. The first-order chi connectivity index (χ1) is 11.9. The van der Waals surface area contributed by atoms with Gasteiger partial charge in [0.05, 0.1) is 6.04 Å². The Morgan fingerprint density at radius 2 is 1.80 bits per heavy atom. The quantitative estimate of drug-likeness (QED) is 0.835. The molecule has 1 aliphatic heterocycles. The summed E-state index contributed by atoms with van der Waals surface area (Å²) in [5, 5.41) is 6.75. The lowest BCUT2D eigenvalue weighted by Crippen LogP contribution is -2.50. The van der Waals surface area contributed by atoms with Crippen LogP contribution in [0.1, 0.15) is 51.6 Å². The zero-order valence-corrected chi connectivity index (χ0v) is 16.0. The van der Waals surface area contributed by atoms with E-state index in [1.54, 1.807) is 0 Å². The molecule has 25 heavy (non-hydrogen) atoms. The van der Waals surface area contributed by atoms with Gasteiger partial charge in [0, 0.05) is 30.1 Å². The highest BCUT2D eigenvalue weighted by molar-refractivity contribution is 6.30. The van der Waals surface area contributed by atoms with Crippen LogP contribution in [0.3, 0.4) is 0 Å². The summed E-state index contributed by atoms with van der Waals surface area (Å²) < 4.78 is 0. The van der Waals surface area contributed by atoms with Gasteiger partial charge in [-0.3, -0.25) is 4.79 Å². The van der Waals surface area contributed by atoms with Gasteiger partial charge in [-0.05, 0) is 37.0 Å². The van der Waals surface area contributed by atoms with Crippen molar-refractivity contribution in [2.24, 2.45) is 5.92 Å². The molecule has 6 heteroatoms. The lowest BCUT2D eigenvalue weighted by molar-refractivity contribution is -0.135. The monoisotopic (exact) mass is 365 g/mol. The lowest BCUT2D eigenvalue weighted by atomic mass is 10.0. The number of likely N-dealkylation sites (tertiary alicyclic amines) is 1. The van der Waals surface area contributed by atoms with E-state index in [4.69, 9.17) is 11.6 Å². The van der Waals surface area contributed by atoms with Gasteiger partial charge in [0.25, 0.3) is 0 Å². The minimum Gasteiger partial charge on any atom is -0.342 e. The van der Waals surface area contributed by atoms with E-state index in [-0.39, 0.29) is 29.9 Å². The molecule has 0 aromatic heterocycles.